The van der Waals surface area contributed by atoms with Gasteiger partial charge in [0, 0.05) is 0 Å². The first-order valence-electron chi connectivity index (χ1n) is 1.04. The number of halogens is 3. The van der Waals surface area contributed by atoms with Crippen molar-refractivity contribution in [1.29, 1.82) is 0 Å². The topological polar surface area (TPSA) is 20.2 Å². The van der Waals surface area contributed by atoms with Gasteiger partial charge >= 0.3 is 15.6 Å². The highest BCUT2D eigenvalue weighted by molar-refractivity contribution is 6.28. The van der Waals surface area contributed by atoms with E-state index in [2.05, 4.69) is 0 Å². The predicted molar refractivity (Wildman–Crippen MR) is 14.0 cm³/mol. The van der Waals surface area contributed by atoms with Crippen molar-refractivity contribution < 1.29 is 18.0 Å². The van der Waals surface area contributed by atoms with Gasteiger partial charge in [0.05, 0.1) is 0 Å². The summed E-state index contributed by atoms with van der Waals surface area (Å²) >= 11 is 0. The van der Waals surface area contributed by atoms with E-state index in [0.717, 1.165) is 0 Å². The molecule has 0 atom stereocenters. The van der Waals surface area contributed by atoms with Gasteiger partial charge in [-0.25, -0.2) is 0 Å². The van der Waals surface area contributed by atoms with E-state index in [4.69, 9.17) is 4.80 Å². The van der Waals surface area contributed by atoms with Crippen molar-refractivity contribution in [3.05, 3.63) is 0 Å². The Labute approximate surface area is 34.7 Å². The second kappa shape index (κ2) is 1.61. The van der Waals surface area contributed by atoms with Gasteiger partial charge in [0.2, 0.25) is 0 Å². The van der Waals surface area contributed by atoms with Crippen molar-refractivity contribution in [3.8, 4) is 0 Å². The molecule has 0 unspecified atom stereocenters. The van der Waals surface area contributed by atoms with Gasteiger partial charge in [-0.2, -0.15) is 13.2 Å². The third-order valence-electron chi connectivity index (χ3n) is 0.127. The van der Waals surface area contributed by atoms with Crippen LogP contribution in [0, 0.1) is 0 Å². The Hall–Kier alpha value is -0.0331. The predicted octanol–water partition coefficient (Wildman–Crippen LogP) is 0.118. The second-order valence-corrected chi connectivity index (χ2v) is 1.40. The third kappa shape index (κ3) is 3.97. The van der Waals surface area contributed by atoms with Crippen molar-refractivity contribution in [2.45, 2.75) is 5.80 Å². The molecule has 0 aromatic rings. The standard InChI is InChI=1S/CHF3OSi/c2-1(3,4)6-5/h5H. The van der Waals surface area contributed by atoms with Gasteiger partial charge in [-0.3, -0.25) is 0 Å². The molecule has 5 heteroatoms. The zero-order valence-corrected chi connectivity index (χ0v) is 3.58. The lowest BCUT2D eigenvalue weighted by molar-refractivity contribution is -0.0559. The van der Waals surface area contributed by atoms with Crippen LogP contribution in [-0.4, -0.2) is 20.4 Å². The molecular formula is CHF3OSi. The van der Waals surface area contributed by atoms with Crippen molar-refractivity contribution in [2.75, 3.05) is 0 Å². The normalized spacial score (nSPS) is 12.0. The summed E-state index contributed by atoms with van der Waals surface area (Å²) in [6, 6.07) is 0. The van der Waals surface area contributed by atoms with E-state index >= 15 is 0 Å². The van der Waals surface area contributed by atoms with Gasteiger partial charge in [0.1, 0.15) is 0 Å². The Balaban J connectivity index is 3.17. The molecule has 36 valence electrons. The number of rotatable bonds is 0. The summed E-state index contributed by atoms with van der Waals surface area (Å²) < 4.78 is 31.6. The zero-order chi connectivity index (χ0) is 5.21. The van der Waals surface area contributed by atoms with Crippen LogP contribution in [0.1, 0.15) is 0 Å². The first-order chi connectivity index (χ1) is 2.56. The van der Waals surface area contributed by atoms with Crippen LogP contribution in [0.4, 0.5) is 13.2 Å². The van der Waals surface area contributed by atoms with E-state index in [1.165, 1.54) is 0 Å². The molecule has 0 saturated carbocycles. The van der Waals surface area contributed by atoms with E-state index in [1.807, 2.05) is 0 Å². The Morgan fingerprint density at radius 1 is 1.33 bits per heavy atom. The fraction of sp³-hybridized carbons (Fsp3) is 1.00. The van der Waals surface area contributed by atoms with Gasteiger partial charge < -0.3 is 4.80 Å². The highest BCUT2D eigenvalue weighted by atomic mass is 28.2. The van der Waals surface area contributed by atoms with Crippen LogP contribution in [0.2, 0.25) is 0 Å². The van der Waals surface area contributed by atoms with Crippen molar-refractivity contribution in [3.63, 3.8) is 0 Å². The Kier molecular flexibility index (Phi) is 1.60. The highest BCUT2D eigenvalue weighted by Crippen LogP contribution is 2.09. The lowest BCUT2D eigenvalue weighted by Crippen LogP contribution is -2.16. The van der Waals surface area contributed by atoms with E-state index in [9.17, 15) is 13.2 Å². The maximum atomic E-state index is 10.5. The molecule has 0 aromatic heterocycles. The summed E-state index contributed by atoms with van der Waals surface area (Å²) in [5, 5.41) is 0. The van der Waals surface area contributed by atoms with E-state index < -0.39 is 15.6 Å². The van der Waals surface area contributed by atoms with Gasteiger partial charge in [0.25, 0.3) is 0 Å². The summed E-state index contributed by atoms with van der Waals surface area (Å²) in [6.45, 7) is 0. The van der Waals surface area contributed by atoms with Crippen molar-refractivity contribution >= 4 is 9.76 Å². The molecular weight excluding hydrogens is 113 g/mol. The van der Waals surface area contributed by atoms with E-state index in [-0.39, 0.29) is 0 Å². The molecule has 0 aliphatic heterocycles. The minimum absolute atomic E-state index is 1.93. The Bertz CT molecular complexity index is 40.5. The van der Waals surface area contributed by atoms with E-state index in [1.54, 1.807) is 0 Å². The molecule has 6 heavy (non-hydrogen) atoms. The molecule has 0 amide bonds. The summed E-state index contributed by atoms with van der Waals surface area (Å²) in [6.07, 6.45) is 0. The monoisotopic (exact) mass is 114 g/mol. The first-order valence-corrected chi connectivity index (χ1v) is 1.99. The Morgan fingerprint density at radius 2 is 1.50 bits per heavy atom. The molecule has 0 aromatic carbocycles. The smallest absolute Gasteiger partial charge is 0.388 e. The molecule has 0 aliphatic carbocycles. The average molecular weight is 114 g/mol. The SMILES string of the molecule is O[Si]C(F)(F)F. The fourth-order valence-corrected chi connectivity index (χ4v) is 0. The summed E-state index contributed by atoms with van der Waals surface area (Å²) in [5.41, 5.74) is 0. The summed E-state index contributed by atoms with van der Waals surface area (Å²) in [4.78, 5) is 7.31. The fourth-order valence-electron chi connectivity index (χ4n) is 0. The number of alkyl halides is 3. The van der Waals surface area contributed by atoms with Gasteiger partial charge in [-0.05, 0) is 0 Å². The van der Waals surface area contributed by atoms with E-state index in [0.29, 0.717) is 0 Å². The van der Waals surface area contributed by atoms with Crippen LogP contribution in [0.15, 0.2) is 0 Å². The molecule has 0 bridgehead atoms. The van der Waals surface area contributed by atoms with Crippen LogP contribution in [-0.2, 0) is 0 Å². The molecule has 2 radical (unpaired) electrons. The molecule has 1 nitrogen and oxygen atoms in total. The lowest BCUT2D eigenvalue weighted by Gasteiger charge is -1.93. The van der Waals surface area contributed by atoms with Gasteiger partial charge in [0.15, 0.2) is 0 Å². The van der Waals surface area contributed by atoms with Crippen LogP contribution in [0.3, 0.4) is 0 Å². The third-order valence-corrected chi connectivity index (χ3v) is 0.380. The van der Waals surface area contributed by atoms with Gasteiger partial charge in [-0.15, -0.1) is 0 Å². The minimum Gasteiger partial charge on any atom is -0.425 e. The average Bonchev–Trinajstić information content (AvgIpc) is 1.35. The molecule has 0 heterocycles. The quantitative estimate of drug-likeness (QED) is 0.443. The molecule has 0 aliphatic rings. The number of hydrogen-bond acceptors (Lipinski definition) is 1. The zero-order valence-electron chi connectivity index (χ0n) is 2.58. The molecule has 0 fully saturated rings. The van der Waals surface area contributed by atoms with Gasteiger partial charge in [-0.1, -0.05) is 0 Å². The van der Waals surface area contributed by atoms with Crippen LogP contribution >= 0.6 is 0 Å². The van der Waals surface area contributed by atoms with Crippen LogP contribution < -0.4 is 0 Å². The first kappa shape index (κ1) is 5.97. The molecule has 1 N–H and O–H groups in total. The van der Waals surface area contributed by atoms with Crippen LogP contribution in [0.25, 0.3) is 0 Å². The highest BCUT2D eigenvalue weighted by Gasteiger charge is 2.27. The minimum atomic E-state index is -4.38. The molecule has 0 spiro atoms. The summed E-state index contributed by atoms with van der Waals surface area (Å²) in [7, 11) is -1.93. The van der Waals surface area contributed by atoms with Crippen LogP contribution in [0.5, 0.6) is 0 Å². The van der Waals surface area contributed by atoms with Crippen molar-refractivity contribution in [2.24, 2.45) is 0 Å². The Morgan fingerprint density at radius 3 is 1.50 bits per heavy atom. The maximum absolute atomic E-state index is 10.5. The van der Waals surface area contributed by atoms with Crippen molar-refractivity contribution in [1.82, 2.24) is 0 Å². The number of hydrogen-bond donors (Lipinski definition) is 1. The molecule has 0 saturated heterocycles. The maximum Gasteiger partial charge on any atom is 0.388 e. The lowest BCUT2D eigenvalue weighted by atomic mass is 11.5. The molecule has 0 rings (SSSR count). The largest absolute Gasteiger partial charge is 0.425 e. The second-order valence-electron chi connectivity index (χ2n) is 0.610. The summed E-state index contributed by atoms with van der Waals surface area (Å²) in [5.74, 6) is -4.38.